The first-order chi connectivity index (χ1) is 35.8. The Morgan fingerprint density at radius 2 is 0.186 bits per heavy atom. The van der Waals surface area contributed by atoms with Crippen molar-refractivity contribution in [1.29, 1.82) is 0 Å². The van der Waals surface area contributed by atoms with Crippen molar-refractivity contribution >= 4 is 0 Å². The van der Waals surface area contributed by atoms with Crippen LogP contribution < -0.4 is 0 Å². The molecule has 0 aliphatic carbocycles. The molecule has 518 valence electrons. The summed E-state index contributed by atoms with van der Waals surface area (Å²) >= 11 is 0. The maximum absolute atomic E-state index is 15.2. The molecule has 0 aromatic carbocycles. The van der Waals surface area contributed by atoms with Crippen LogP contribution in [0.5, 0.6) is 0 Å². The highest BCUT2D eigenvalue weighted by Gasteiger charge is 3.07. The van der Waals surface area contributed by atoms with Gasteiger partial charge in [-0.3, -0.25) is 0 Å². The maximum Gasteiger partial charge on any atom is 0.471 e. The van der Waals surface area contributed by atoms with Crippen LogP contribution in [0, 0.1) is 5.21 Å². The summed E-state index contributed by atoms with van der Waals surface area (Å²) in [5.74, 6) is -229. The zero-order valence-electron chi connectivity index (χ0n) is 35.9. The molecular weight excluding hydrogens is 1440 g/mol. The van der Waals surface area contributed by atoms with Crippen molar-refractivity contribution in [3.8, 4) is 0 Å². The van der Waals surface area contributed by atoms with Crippen molar-refractivity contribution in [1.82, 2.24) is 0 Å². The van der Waals surface area contributed by atoms with Gasteiger partial charge in [0.05, 0.1) is 0 Å². The fourth-order valence-electron chi connectivity index (χ4n) is 5.18. The average molecular weight is 1440 g/mol. The van der Waals surface area contributed by atoms with Gasteiger partial charge in [-0.05, 0) is 0 Å². The fraction of sp³-hybridized carbons (Fsp3) is 1.00. The third kappa shape index (κ3) is 8.72. The highest BCUT2D eigenvalue weighted by molar-refractivity contribution is 5.21. The normalized spacial score (nSPS) is 17.7. The fourth-order valence-corrected chi connectivity index (χ4v) is 5.18. The van der Waals surface area contributed by atoms with Crippen LogP contribution in [0.2, 0.25) is 0 Å². The molecule has 0 fully saturated rings. The molecule has 0 N–H and O–H groups in total. The Morgan fingerprint density at radius 3 is 0.267 bits per heavy atom. The first-order valence-electron chi connectivity index (χ1n) is 17.6. The monoisotopic (exact) mass is 1440 g/mol. The Morgan fingerprint density at radius 1 is 0.116 bits per heavy atom. The minimum atomic E-state index is -12.5. The summed E-state index contributed by atoms with van der Waals surface area (Å²) in [5.41, 5.74) is 0. The Kier molecular flexibility index (Phi) is 18.3. The summed E-state index contributed by atoms with van der Waals surface area (Å²) in [6.07, 6.45) is -26.9. The van der Waals surface area contributed by atoms with E-state index in [1.807, 2.05) is 0 Å². The van der Waals surface area contributed by atoms with Crippen LogP contribution in [0.25, 0.3) is 0 Å². The van der Waals surface area contributed by atoms with Crippen LogP contribution in [0.3, 0.4) is 0 Å². The van der Waals surface area contributed by atoms with Crippen LogP contribution in [0.15, 0.2) is 0 Å². The van der Waals surface area contributed by atoms with Crippen molar-refractivity contribution < 1.29 is 255 Å². The van der Waals surface area contributed by atoms with Gasteiger partial charge in [-0.15, -0.1) is 26.3 Å². The molecule has 0 heterocycles. The second-order valence-corrected chi connectivity index (χ2v) is 15.8. The van der Waals surface area contributed by atoms with E-state index in [1.54, 1.807) is 0 Å². The molecule has 0 aliphatic rings. The Hall–Kier alpha value is -4.07. The molecule has 0 aliphatic heterocycles. The lowest BCUT2D eigenvalue weighted by molar-refractivity contribution is -1.13. The Balaban J connectivity index is 10.1. The zero-order valence-corrected chi connectivity index (χ0v) is 35.9. The molecular formula is C27F57NO. The zero-order chi connectivity index (χ0) is 72.0. The van der Waals surface area contributed by atoms with Crippen LogP contribution >= 0.6 is 0 Å². The third-order valence-electron chi connectivity index (χ3n) is 10.5. The quantitative estimate of drug-likeness (QED) is 0.0409. The van der Waals surface area contributed by atoms with Crippen LogP contribution in [0.1, 0.15) is 0 Å². The minimum Gasteiger partial charge on any atom is -0.619 e. The van der Waals surface area contributed by atoms with E-state index in [4.69, 9.17) is 0 Å². The molecule has 0 spiro atoms. The van der Waals surface area contributed by atoms with Gasteiger partial charge >= 0.3 is 161 Å². The number of hydrogen-bond donors (Lipinski definition) is 0. The molecule has 0 radical (unpaired) electrons. The molecule has 0 amide bonds. The summed E-state index contributed by atoms with van der Waals surface area (Å²) in [6, 6.07) is -37.6. The summed E-state index contributed by atoms with van der Waals surface area (Å²) in [5, 5.41) is 12.4. The van der Waals surface area contributed by atoms with Crippen molar-refractivity contribution in [2.45, 2.75) is 161 Å². The number of rotatable bonds is 24. The van der Waals surface area contributed by atoms with E-state index in [1.165, 1.54) is 0 Å². The van der Waals surface area contributed by atoms with Gasteiger partial charge in [-0.25, -0.2) is 0 Å². The van der Waals surface area contributed by atoms with Gasteiger partial charge in [0.25, 0.3) is 0 Å². The first-order valence-corrected chi connectivity index (χ1v) is 17.6. The Labute approximate surface area is 422 Å². The van der Waals surface area contributed by atoms with Gasteiger partial charge in [-0.1, -0.05) is 0 Å². The van der Waals surface area contributed by atoms with Gasteiger partial charge in [0, 0.05) is 0 Å². The molecule has 0 saturated carbocycles. The average Bonchev–Trinajstić information content (AvgIpc) is 3.25. The molecule has 2 nitrogen and oxygen atoms in total. The SMILES string of the molecule is [O-][N+](C(F)(F)C(F)(F)C(F)(F)C(F)(F)C(F)(F)C(F)(F)C(F)(F)C(F)(F)C(F)(F)F)(C(F)(F)C(F)(F)C(F)(F)C(F)(F)C(F)(F)C(F)(F)C(F)(F)C(F)(F)C(F)(F)F)C(F)(F)C(F)(F)C(F)(F)C(F)(F)C(F)(F)C(F)(F)C(F)(F)C(F)(F)C(F)(F)F. The van der Waals surface area contributed by atoms with E-state index in [0.29, 0.717) is 0 Å². The lowest BCUT2D eigenvalue weighted by Crippen LogP contribution is -2.90. The smallest absolute Gasteiger partial charge is 0.471 e. The number of alkyl halides is 57. The van der Waals surface area contributed by atoms with Gasteiger partial charge in [0.1, 0.15) is 0 Å². The second kappa shape index (κ2) is 19.2. The first kappa shape index (κ1) is 81.9. The van der Waals surface area contributed by atoms with E-state index >= 15 is 26.3 Å². The molecule has 59 heteroatoms. The van der Waals surface area contributed by atoms with E-state index < -0.39 is 166 Å². The lowest BCUT2D eigenvalue weighted by atomic mass is 9.86. The van der Waals surface area contributed by atoms with E-state index in [2.05, 4.69) is 0 Å². The Bertz CT molecular complexity index is 2180. The largest absolute Gasteiger partial charge is 0.619 e. The van der Waals surface area contributed by atoms with Crippen molar-refractivity contribution in [3.63, 3.8) is 0 Å². The number of quaternary nitrogens is 1. The highest BCUT2D eigenvalue weighted by atomic mass is 19.5. The summed E-state index contributed by atoms with van der Waals surface area (Å²) in [7, 11) is 0. The molecule has 0 aromatic heterocycles. The van der Waals surface area contributed by atoms with E-state index in [9.17, 15) is 229 Å². The number of hydroxylamine groups is 3. The number of nitrogens with zero attached hydrogens (tertiary/aromatic N) is 1. The van der Waals surface area contributed by atoms with Crippen LogP contribution in [-0.4, -0.2) is 166 Å². The standard InChI is InChI=1S/C27F57NO/c28-1(29,4(34,35)10(46,47)16(58,59)22(70,71)72)7(40,41)13(52,53)19(64,65)25(79,80)85(86,26(81,82)20(66,67)14(54,55)8(42,43)2(30,31)5(36,37)11(48,49)17(60,61)23(73,74)75)27(83,84)21(68,69)15(56,57)9(44,45)3(32,33)6(38,39)12(50,51)18(62,63)24(76,77)78. The van der Waals surface area contributed by atoms with Gasteiger partial charge < -0.3 is 5.21 Å². The molecule has 0 saturated heterocycles. The maximum atomic E-state index is 15.2. The lowest BCUT2D eigenvalue weighted by Gasteiger charge is -2.58. The topological polar surface area (TPSA) is 23.1 Å². The molecule has 0 aromatic rings. The van der Waals surface area contributed by atoms with Crippen molar-refractivity contribution in [2.75, 3.05) is 0 Å². The highest BCUT2D eigenvalue weighted by Crippen LogP contribution is 2.74. The number of halogens is 57. The van der Waals surface area contributed by atoms with Crippen molar-refractivity contribution in [3.05, 3.63) is 5.21 Å². The van der Waals surface area contributed by atoms with Crippen LogP contribution in [0.4, 0.5) is 250 Å². The summed E-state index contributed by atoms with van der Waals surface area (Å²) in [6.45, 7) is 0. The van der Waals surface area contributed by atoms with Gasteiger partial charge in [0.2, 0.25) is 0 Å². The molecule has 0 bridgehead atoms. The van der Waals surface area contributed by atoms with E-state index in [-0.39, 0.29) is 0 Å². The van der Waals surface area contributed by atoms with Gasteiger partial charge in [-0.2, -0.15) is 229 Å². The van der Waals surface area contributed by atoms with Crippen molar-refractivity contribution in [2.24, 2.45) is 0 Å². The van der Waals surface area contributed by atoms with E-state index in [0.717, 1.165) is 0 Å². The summed E-state index contributed by atoms with van der Waals surface area (Å²) in [4.78, 5) is 0. The molecule has 86 heavy (non-hydrogen) atoms. The molecule has 0 rings (SSSR count). The predicted molar refractivity (Wildman–Crippen MR) is 141 cm³/mol. The molecule has 0 unspecified atom stereocenters. The second-order valence-electron chi connectivity index (χ2n) is 15.8. The van der Waals surface area contributed by atoms with Gasteiger partial charge in [0.15, 0.2) is 0 Å². The molecule has 0 atom stereocenters. The third-order valence-corrected chi connectivity index (χ3v) is 10.5. The summed E-state index contributed by atoms with van der Waals surface area (Å²) < 4.78 is 779. The minimum absolute atomic E-state index is 8.97. The number of hydrogen-bond acceptors (Lipinski definition) is 1. The van der Waals surface area contributed by atoms with Crippen LogP contribution in [-0.2, 0) is 0 Å². The predicted octanol–water partition coefficient (Wildman–Crippen LogP) is 18.1.